The van der Waals surface area contributed by atoms with E-state index in [0.717, 1.165) is 17.5 Å². The monoisotopic (exact) mass is 213 g/mol. The fourth-order valence-electron chi connectivity index (χ4n) is 1.18. The summed E-state index contributed by atoms with van der Waals surface area (Å²) in [5.41, 5.74) is 7.30. The fraction of sp³-hybridized carbons (Fsp3) is 0.273. The number of hydrogen-bond acceptors (Lipinski definition) is 1. The van der Waals surface area contributed by atoms with Gasteiger partial charge in [0.2, 0.25) is 0 Å². The molecule has 0 aliphatic rings. The topological polar surface area (TPSA) is 26.0 Å². The van der Waals surface area contributed by atoms with Gasteiger partial charge in [-0.3, -0.25) is 0 Å². The Kier molecular flexibility index (Phi) is 4.63. The molecule has 0 saturated carbocycles. The lowest BCUT2D eigenvalue weighted by atomic mass is 10.1. The largest absolute Gasteiger partial charge is 0.326 e. The number of hydrogen-bond donors (Lipinski definition) is 1. The number of halogens is 2. The van der Waals surface area contributed by atoms with Crippen molar-refractivity contribution in [1.29, 1.82) is 0 Å². The van der Waals surface area contributed by atoms with Crippen molar-refractivity contribution in [3.63, 3.8) is 0 Å². The zero-order valence-corrected chi connectivity index (χ0v) is 8.60. The Bertz CT molecular complexity index is 323. The van der Waals surface area contributed by atoms with Gasteiger partial charge in [-0.2, -0.15) is 0 Å². The first-order chi connectivity index (χ1) is 6.77. The summed E-state index contributed by atoms with van der Waals surface area (Å²) in [4.78, 5) is 0. The Morgan fingerprint density at radius 3 is 2.86 bits per heavy atom. The molecule has 0 bridgehead atoms. The van der Waals surface area contributed by atoms with Crippen molar-refractivity contribution in [3.05, 3.63) is 41.2 Å². The second-order valence-electron chi connectivity index (χ2n) is 2.93. The normalized spacial score (nSPS) is 11.1. The van der Waals surface area contributed by atoms with E-state index in [9.17, 15) is 4.39 Å². The van der Waals surface area contributed by atoms with Gasteiger partial charge in [0, 0.05) is 12.4 Å². The zero-order valence-electron chi connectivity index (χ0n) is 7.84. The van der Waals surface area contributed by atoms with Crippen molar-refractivity contribution in [1.82, 2.24) is 0 Å². The molecule has 0 aliphatic heterocycles. The van der Waals surface area contributed by atoms with Crippen LogP contribution < -0.4 is 5.73 Å². The predicted molar refractivity (Wildman–Crippen MR) is 58.7 cm³/mol. The third-order valence-corrected chi connectivity index (χ3v) is 2.12. The first kappa shape index (κ1) is 11.2. The molecule has 1 aromatic carbocycles. The van der Waals surface area contributed by atoms with Crippen LogP contribution in [0, 0.1) is 5.82 Å². The fourth-order valence-corrected chi connectivity index (χ4v) is 1.31. The third-order valence-electron chi connectivity index (χ3n) is 1.90. The molecule has 14 heavy (non-hydrogen) atoms. The summed E-state index contributed by atoms with van der Waals surface area (Å²) in [5.74, 6) is 0.330. The van der Waals surface area contributed by atoms with Gasteiger partial charge in [0.05, 0.1) is 0 Å². The standard InChI is InChI=1S/C11H13ClFN/c12-6-2-1-3-9-7-11(13)5-4-10(9)8-14/h1,3-5,7H,2,6,8,14H2. The van der Waals surface area contributed by atoms with Crippen LogP contribution in [0.25, 0.3) is 6.08 Å². The van der Waals surface area contributed by atoms with Gasteiger partial charge in [0.1, 0.15) is 5.82 Å². The van der Waals surface area contributed by atoms with Crippen LogP contribution in [0.3, 0.4) is 0 Å². The molecule has 1 nitrogen and oxygen atoms in total. The number of allylic oxidation sites excluding steroid dienone is 1. The molecule has 0 fully saturated rings. The summed E-state index contributed by atoms with van der Waals surface area (Å²) in [6, 6.07) is 4.60. The van der Waals surface area contributed by atoms with Crippen molar-refractivity contribution in [2.24, 2.45) is 5.73 Å². The SMILES string of the molecule is NCc1ccc(F)cc1C=CCCCl. The molecule has 0 aromatic heterocycles. The molecule has 76 valence electrons. The minimum atomic E-state index is -0.243. The van der Waals surface area contributed by atoms with Crippen molar-refractivity contribution in [3.8, 4) is 0 Å². The molecule has 0 spiro atoms. The van der Waals surface area contributed by atoms with Crippen LogP contribution >= 0.6 is 11.6 Å². The Morgan fingerprint density at radius 2 is 2.21 bits per heavy atom. The molecule has 0 atom stereocenters. The molecule has 0 aliphatic carbocycles. The van der Waals surface area contributed by atoms with Crippen LogP contribution in [0.5, 0.6) is 0 Å². The summed E-state index contributed by atoms with van der Waals surface area (Å²) < 4.78 is 12.9. The summed E-state index contributed by atoms with van der Waals surface area (Å²) in [5, 5.41) is 0. The Balaban J connectivity index is 2.87. The Morgan fingerprint density at radius 1 is 1.43 bits per heavy atom. The summed E-state index contributed by atoms with van der Waals surface area (Å²) in [7, 11) is 0. The molecule has 1 rings (SSSR count). The van der Waals surface area contributed by atoms with Gasteiger partial charge < -0.3 is 5.73 Å². The highest BCUT2D eigenvalue weighted by molar-refractivity contribution is 6.17. The van der Waals surface area contributed by atoms with Gasteiger partial charge in [0.25, 0.3) is 0 Å². The zero-order chi connectivity index (χ0) is 10.4. The number of alkyl halides is 1. The predicted octanol–water partition coefficient (Wildman–Crippen LogP) is 2.93. The second-order valence-corrected chi connectivity index (χ2v) is 3.31. The van der Waals surface area contributed by atoms with Gasteiger partial charge in [-0.25, -0.2) is 4.39 Å². The number of benzene rings is 1. The lowest BCUT2D eigenvalue weighted by Crippen LogP contribution is -1.99. The molecule has 0 unspecified atom stereocenters. The molecular formula is C11H13ClFN. The second kappa shape index (κ2) is 5.78. The van der Waals surface area contributed by atoms with Crippen LogP contribution in [0.1, 0.15) is 17.5 Å². The quantitative estimate of drug-likeness (QED) is 0.765. The summed E-state index contributed by atoms with van der Waals surface area (Å²) in [6.07, 6.45) is 4.55. The van der Waals surface area contributed by atoms with E-state index in [0.29, 0.717) is 12.4 Å². The molecule has 0 saturated heterocycles. The lowest BCUT2D eigenvalue weighted by Gasteiger charge is -2.02. The summed E-state index contributed by atoms with van der Waals surface area (Å²) in [6.45, 7) is 0.417. The maximum atomic E-state index is 12.9. The summed E-state index contributed by atoms with van der Waals surface area (Å²) >= 11 is 5.52. The molecule has 0 heterocycles. The Hall–Kier alpha value is -0.860. The average molecular weight is 214 g/mol. The maximum absolute atomic E-state index is 12.9. The van der Waals surface area contributed by atoms with Crippen LogP contribution in [0.15, 0.2) is 24.3 Å². The van der Waals surface area contributed by atoms with Crippen LogP contribution in [-0.4, -0.2) is 5.88 Å². The molecule has 3 heteroatoms. The van der Waals surface area contributed by atoms with Gasteiger partial charge in [-0.15, -0.1) is 11.6 Å². The van der Waals surface area contributed by atoms with E-state index in [1.165, 1.54) is 12.1 Å². The van der Waals surface area contributed by atoms with Gasteiger partial charge in [0.15, 0.2) is 0 Å². The van der Waals surface area contributed by atoms with E-state index in [2.05, 4.69) is 0 Å². The van der Waals surface area contributed by atoms with Crippen LogP contribution in [-0.2, 0) is 6.54 Å². The van der Waals surface area contributed by atoms with E-state index in [1.54, 1.807) is 6.07 Å². The molecular weight excluding hydrogens is 201 g/mol. The van der Waals surface area contributed by atoms with Gasteiger partial charge in [-0.05, 0) is 29.7 Å². The van der Waals surface area contributed by atoms with Crippen LogP contribution in [0.2, 0.25) is 0 Å². The third kappa shape index (κ3) is 3.13. The molecule has 0 amide bonds. The van der Waals surface area contributed by atoms with E-state index in [4.69, 9.17) is 17.3 Å². The van der Waals surface area contributed by atoms with E-state index in [-0.39, 0.29) is 5.82 Å². The van der Waals surface area contributed by atoms with Crippen molar-refractivity contribution >= 4 is 17.7 Å². The van der Waals surface area contributed by atoms with Crippen molar-refractivity contribution < 1.29 is 4.39 Å². The first-order valence-corrected chi connectivity index (χ1v) is 5.02. The van der Waals surface area contributed by atoms with E-state index in [1.807, 2.05) is 12.2 Å². The highest BCUT2D eigenvalue weighted by Crippen LogP contribution is 2.13. The number of rotatable bonds is 4. The minimum Gasteiger partial charge on any atom is -0.326 e. The van der Waals surface area contributed by atoms with Crippen LogP contribution in [0.4, 0.5) is 4.39 Å². The minimum absolute atomic E-state index is 0.243. The average Bonchev–Trinajstić information content (AvgIpc) is 2.19. The lowest BCUT2D eigenvalue weighted by molar-refractivity contribution is 0.626. The molecule has 1 aromatic rings. The maximum Gasteiger partial charge on any atom is 0.123 e. The smallest absolute Gasteiger partial charge is 0.123 e. The Labute approximate surface area is 88.4 Å². The van der Waals surface area contributed by atoms with E-state index >= 15 is 0 Å². The first-order valence-electron chi connectivity index (χ1n) is 4.49. The van der Waals surface area contributed by atoms with Crippen molar-refractivity contribution in [2.45, 2.75) is 13.0 Å². The molecule has 2 N–H and O–H groups in total. The number of nitrogens with two attached hydrogens (primary N) is 1. The van der Waals surface area contributed by atoms with Gasteiger partial charge in [-0.1, -0.05) is 18.2 Å². The highest BCUT2D eigenvalue weighted by Gasteiger charge is 1.98. The van der Waals surface area contributed by atoms with E-state index < -0.39 is 0 Å². The van der Waals surface area contributed by atoms with Gasteiger partial charge >= 0.3 is 0 Å². The highest BCUT2D eigenvalue weighted by atomic mass is 35.5. The molecule has 0 radical (unpaired) electrons. The van der Waals surface area contributed by atoms with Crippen molar-refractivity contribution in [2.75, 3.05) is 5.88 Å².